The fraction of sp³-hybridized carbons (Fsp3) is 0.762. The summed E-state index contributed by atoms with van der Waals surface area (Å²) in [5.41, 5.74) is 0.359. The number of nitrogens with one attached hydrogen (secondary N) is 2. The third-order valence-electron chi connectivity index (χ3n) is 6.01. The van der Waals surface area contributed by atoms with E-state index in [0.717, 1.165) is 44.3 Å². The summed E-state index contributed by atoms with van der Waals surface area (Å²) in [5, 5.41) is 7.22. The van der Waals surface area contributed by atoms with E-state index in [-0.39, 0.29) is 24.0 Å². The lowest BCUT2D eigenvalue weighted by atomic mass is 9.67. The second-order valence-corrected chi connectivity index (χ2v) is 8.00. The number of methoxy groups -OCH3 is 1. The van der Waals surface area contributed by atoms with Crippen LogP contribution in [0.3, 0.4) is 0 Å². The first-order chi connectivity index (χ1) is 12.8. The zero-order valence-electron chi connectivity index (χ0n) is 16.7. The maximum absolute atomic E-state index is 5.44. The highest BCUT2D eigenvalue weighted by Gasteiger charge is 2.36. The number of hydrogen-bond donors (Lipinski definition) is 2. The van der Waals surface area contributed by atoms with Crippen LogP contribution in [0.4, 0.5) is 0 Å². The highest BCUT2D eigenvalue weighted by molar-refractivity contribution is 14.0. The summed E-state index contributed by atoms with van der Waals surface area (Å²) in [5.74, 6) is 2.00. The lowest BCUT2D eigenvalue weighted by Gasteiger charge is -2.41. The number of furan rings is 1. The van der Waals surface area contributed by atoms with E-state index >= 15 is 0 Å². The third-order valence-corrected chi connectivity index (χ3v) is 6.01. The van der Waals surface area contributed by atoms with Crippen molar-refractivity contribution < 1.29 is 9.15 Å². The van der Waals surface area contributed by atoms with Crippen LogP contribution in [0.15, 0.2) is 27.8 Å². The molecule has 0 unspecified atom stereocenters. The standard InChI is InChI=1S/C21H35N3O2.HI/c1-25-16-13-21(11-6-12-21)17-23-20(24-18-7-3-2-4-8-18)22-14-10-19-9-5-15-26-19;/h5,9,15,18H,2-4,6-8,10-14,16-17H2,1H3,(H2,22,23,24);1H. The van der Waals surface area contributed by atoms with Crippen LogP contribution in [0.2, 0.25) is 0 Å². The Kier molecular flexibility index (Phi) is 9.96. The predicted molar refractivity (Wildman–Crippen MR) is 121 cm³/mol. The van der Waals surface area contributed by atoms with Crippen molar-refractivity contribution in [3.8, 4) is 0 Å². The van der Waals surface area contributed by atoms with Crippen LogP contribution in [-0.4, -0.2) is 38.8 Å². The van der Waals surface area contributed by atoms with Gasteiger partial charge in [-0.25, -0.2) is 0 Å². The van der Waals surface area contributed by atoms with E-state index in [4.69, 9.17) is 14.1 Å². The van der Waals surface area contributed by atoms with Crippen molar-refractivity contribution in [3.63, 3.8) is 0 Å². The van der Waals surface area contributed by atoms with Gasteiger partial charge < -0.3 is 19.8 Å². The zero-order chi connectivity index (χ0) is 18.1. The second-order valence-electron chi connectivity index (χ2n) is 8.00. The molecule has 1 heterocycles. The number of ether oxygens (including phenoxy) is 1. The highest BCUT2D eigenvalue weighted by Crippen LogP contribution is 2.44. The van der Waals surface area contributed by atoms with Crippen LogP contribution in [0.5, 0.6) is 0 Å². The average molecular weight is 489 g/mol. The van der Waals surface area contributed by atoms with Gasteiger partial charge >= 0.3 is 0 Å². The molecule has 1 aromatic heterocycles. The minimum Gasteiger partial charge on any atom is -0.469 e. The third kappa shape index (κ3) is 7.29. The normalized spacial score (nSPS) is 19.8. The summed E-state index contributed by atoms with van der Waals surface area (Å²) < 4.78 is 10.8. The zero-order valence-corrected chi connectivity index (χ0v) is 19.0. The SMILES string of the molecule is COCCC1(CN=C(NCCc2ccco2)NC2CCCCC2)CCC1.I. The molecule has 154 valence electrons. The van der Waals surface area contributed by atoms with E-state index in [1.807, 2.05) is 12.1 Å². The van der Waals surface area contributed by atoms with E-state index in [1.165, 1.54) is 51.4 Å². The van der Waals surface area contributed by atoms with E-state index in [9.17, 15) is 0 Å². The summed E-state index contributed by atoms with van der Waals surface area (Å²) in [6, 6.07) is 4.54. The summed E-state index contributed by atoms with van der Waals surface area (Å²) in [4.78, 5) is 4.99. The Morgan fingerprint density at radius 3 is 2.70 bits per heavy atom. The molecule has 0 saturated heterocycles. The van der Waals surface area contributed by atoms with Crippen molar-refractivity contribution in [2.24, 2.45) is 10.4 Å². The molecule has 2 aliphatic carbocycles. The van der Waals surface area contributed by atoms with Crippen LogP contribution < -0.4 is 10.6 Å². The maximum atomic E-state index is 5.44. The molecule has 0 radical (unpaired) electrons. The van der Waals surface area contributed by atoms with Gasteiger partial charge in [-0.3, -0.25) is 4.99 Å². The lowest BCUT2D eigenvalue weighted by Crippen LogP contribution is -2.46. The molecule has 2 saturated carbocycles. The first-order valence-corrected chi connectivity index (χ1v) is 10.4. The lowest BCUT2D eigenvalue weighted by molar-refractivity contribution is 0.0778. The Balaban J connectivity index is 0.00000261. The molecule has 2 fully saturated rings. The van der Waals surface area contributed by atoms with Crippen molar-refractivity contribution in [2.75, 3.05) is 26.8 Å². The molecule has 5 nitrogen and oxygen atoms in total. The van der Waals surface area contributed by atoms with E-state index < -0.39 is 0 Å². The first-order valence-electron chi connectivity index (χ1n) is 10.4. The average Bonchev–Trinajstić information content (AvgIpc) is 3.14. The summed E-state index contributed by atoms with van der Waals surface area (Å²) in [6.45, 7) is 2.59. The van der Waals surface area contributed by atoms with Crippen molar-refractivity contribution in [1.29, 1.82) is 0 Å². The second kappa shape index (κ2) is 11.9. The molecular formula is C21H36IN3O2. The maximum Gasteiger partial charge on any atom is 0.191 e. The molecule has 0 aromatic carbocycles. The van der Waals surface area contributed by atoms with Crippen molar-refractivity contribution in [1.82, 2.24) is 10.6 Å². The smallest absolute Gasteiger partial charge is 0.191 e. The molecule has 1 aromatic rings. The van der Waals surface area contributed by atoms with Crippen molar-refractivity contribution in [3.05, 3.63) is 24.2 Å². The summed E-state index contributed by atoms with van der Waals surface area (Å²) >= 11 is 0. The van der Waals surface area contributed by atoms with Crippen LogP contribution >= 0.6 is 24.0 Å². The largest absolute Gasteiger partial charge is 0.469 e. The van der Waals surface area contributed by atoms with Gasteiger partial charge in [0.05, 0.1) is 6.26 Å². The monoisotopic (exact) mass is 489 g/mol. The Bertz CT molecular complexity index is 538. The summed E-state index contributed by atoms with van der Waals surface area (Å²) in [6.07, 6.45) is 14.2. The van der Waals surface area contributed by atoms with Crippen LogP contribution in [0.1, 0.15) is 63.5 Å². The van der Waals surface area contributed by atoms with Gasteiger partial charge in [0, 0.05) is 39.3 Å². The van der Waals surface area contributed by atoms with Crippen molar-refractivity contribution >= 4 is 29.9 Å². The van der Waals surface area contributed by atoms with Gasteiger partial charge in [-0.2, -0.15) is 0 Å². The number of rotatable bonds is 9. The minimum atomic E-state index is 0. The van der Waals surface area contributed by atoms with Gasteiger partial charge in [0.15, 0.2) is 5.96 Å². The van der Waals surface area contributed by atoms with Crippen LogP contribution in [0, 0.1) is 5.41 Å². The van der Waals surface area contributed by atoms with Gasteiger partial charge in [0.25, 0.3) is 0 Å². The molecule has 6 heteroatoms. The van der Waals surface area contributed by atoms with E-state index in [2.05, 4.69) is 10.6 Å². The molecule has 2 N–H and O–H groups in total. The molecule has 0 aliphatic heterocycles. The highest BCUT2D eigenvalue weighted by atomic mass is 127. The number of guanidine groups is 1. The van der Waals surface area contributed by atoms with Gasteiger partial charge in [0.2, 0.25) is 0 Å². The first kappa shape index (κ1) is 22.5. The van der Waals surface area contributed by atoms with Gasteiger partial charge in [-0.1, -0.05) is 25.7 Å². The van der Waals surface area contributed by atoms with Crippen molar-refractivity contribution in [2.45, 2.75) is 70.3 Å². The van der Waals surface area contributed by atoms with Gasteiger partial charge in [0.1, 0.15) is 5.76 Å². The molecule has 0 spiro atoms. The van der Waals surface area contributed by atoms with E-state index in [0.29, 0.717) is 11.5 Å². The molecule has 0 amide bonds. The topological polar surface area (TPSA) is 58.8 Å². The summed E-state index contributed by atoms with van der Waals surface area (Å²) in [7, 11) is 1.79. The number of nitrogens with zero attached hydrogens (tertiary/aromatic N) is 1. The Morgan fingerprint density at radius 2 is 2.07 bits per heavy atom. The predicted octanol–water partition coefficient (Wildman–Crippen LogP) is 4.51. The van der Waals surface area contributed by atoms with Crippen LogP contribution in [-0.2, 0) is 11.2 Å². The van der Waals surface area contributed by atoms with Crippen LogP contribution in [0.25, 0.3) is 0 Å². The van der Waals surface area contributed by atoms with E-state index in [1.54, 1.807) is 13.4 Å². The van der Waals surface area contributed by atoms with Gasteiger partial charge in [-0.15, -0.1) is 24.0 Å². The quantitative estimate of drug-likeness (QED) is 0.305. The Labute approximate surface area is 181 Å². The molecule has 0 atom stereocenters. The Morgan fingerprint density at radius 1 is 1.26 bits per heavy atom. The van der Waals surface area contributed by atoms with Gasteiger partial charge in [-0.05, 0) is 49.7 Å². The molecule has 3 rings (SSSR count). The molecule has 0 bridgehead atoms. The fourth-order valence-corrected chi connectivity index (χ4v) is 4.08. The number of halogens is 1. The molecular weight excluding hydrogens is 453 g/mol. The molecule has 27 heavy (non-hydrogen) atoms. The Hall–Kier alpha value is -0.760. The minimum absolute atomic E-state index is 0. The fourth-order valence-electron chi connectivity index (χ4n) is 4.08. The molecule has 2 aliphatic rings. The number of aliphatic imine (C=N–C) groups is 1. The number of hydrogen-bond acceptors (Lipinski definition) is 3.